The molecule has 0 bridgehead atoms. The van der Waals surface area contributed by atoms with Gasteiger partial charge in [0, 0.05) is 0 Å². The number of nitrogens with one attached hydrogen (secondary N) is 2. The van der Waals surface area contributed by atoms with Crippen LogP contribution in [0.2, 0.25) is 0 Å². The highest BCUT2D eigenvalue weighted by atomic mass is 32.2. The highest BCUT2D eigenvalue weighted by Gasteiger charge is 2.14. The highest BCUT2D eigenvalue weighted by Crippen LogP contribution is 2.28. The van der Waals surface area contributed by atoms with Gasteiger partial charge < -0.3 is 10.6 Å². The molecule has 1 heterocycles. The molecule has 2 aromatic carbocycles. The average molecular weight is 473 g/mol. The summed E-state index contributed by atoms with van der Waals surface area (Å²) in [6, 6.07) is 19.6. The molecule has 0 aliphatic rings. The number of rotatable bonds is 10. The molecule has 162 valence electrons. The predicted molar refractivity (Wildman–Crippen MR) is 127 cm³/mol. The summed E-state index contributed by atoms with van der Waals surface area (Å²) in [5.74, 6) is 0.428. The Morgan fingerprint density at radius 1 is 0.774 bits per heavy atom. The molecule has 3 aromatic rings. The van der Waals surface area contributed by atoms with E-state index in [9.17, 15) is 9.59 Å². The fourth-order valence-electron chi connectivity index (χ4n) is 2.78. The van der Waals surface area contributed by atoms with Crippen molar-refractivity contribution in [2.45, 2.75) is 34.6 Å². The predicted octanol–water partition coefficient (Wildman–Crippen LogP) is 4.48. The van der Waals surface area contributed by atoms with Gasteiger partial charge in [-0.2, -0.15) is 0 Å². The molecule has 1 aromatic heterocycles. The molecular weight excluding hydrogens is 448 g/mol. The zero-order valence-corrected chi connectivity index (χ0v) is 19.7. The normalized spacial score (nSPS) is 12.7. The SMILES string of the molecule is CC(NC(=O)CSc1nnc(SCC(=O)NC(C)c2ccccc2)s1)c1ccccc1. The fraction of sp³-hybridized carbons (Fsp3) is 0.273. The smallest absolute Gasteiger partial charge is 0.230 e. The maximum atomic E-state index is 12.2. The summed E-state index contributed by atoms with van der Waals surface area (Å²) in [5.41, 5.74) is 2.13. The molecule has 9 heteroatoms. The lowest BCUT2D eigenvalue weighted by molar-refractivity contribution is -0.120. The Labute approximate surface area is 194 Å². The second-order valence-electron chi connectivity index (χ2n) is 6.81. The van der Waals surface area contributed by atoms with E-state index in [0.29, 0.717) is 8.68 Å². The second-order valence-corrected chi connectivity index (χ2v) is 10.2. The highest BCUT2D eigenvalue weighted by molar-refractivity contribution is 8.03. The van der Waals surface area contributed by atoms with Crippen molar-refractivity contribution in [1.29, 1.82) is 0 Å². The number of amides is 2. The van der Waals surface area contributed by atoms with Crippen LogP contribution in [0.1, 0.15) is 37.1 Å². The topological polar surface area (TPSA) is 84.0 Å². The Hall–Kier alpha value is -2.36. The van der Waals surface area contributed by atoms with Gasteiger partial charge in [-0.3, -0.25) is 9.59 Å². The van der Waals surface area contributed by atoms with Gasteiger partial charge in [0.1, 0.15) is 0 Å². The monoisotopic (exact) mass is 472 g/mol. The molecule has 0 saturated heterocycles. The molecule has 0 radical (unpaired) electrons. The summed E-state index contributed by atoms with van der Waals surface area (Å²) in [6.45, 7) is 3.92. The Balaban J connectivity index is 1.39. The molecular formula is C22H24N4O2S3. The summed E-state index contributed by atoms with van der Waals surface area (Å²) in [7, 11) is 0. The molecule has 0 fully saturated rings. The van der Waals surface area contributed by atoms with Gasteiger partial charge in [0.2, 0.25) is 11.8 Å². The minimum atomic E-state index is -0.0555. The number of nitrogens with zero attached hydrogens (tertiary/aromatic N) is 2. The lowest BCUT2D eigenvalue weighted by Crippen LogP contribution is -2.28. The van der Waals surface area contributed by atoms with Crippen molar-refractivity contribution >= 4 is 46.7 Å². The van der Waals surface area contributed by atoms with Gasteiger partial charge in [0.15, 0.2) is 8.68 Å². The number of hydrogen-bond acceptors (Lipinski definition) is 7. The van der Waals surface area contributed by atoms with Gasteiger partial charge in [-0.25, -0.2) is 0 Å². The Morgan fingerprint density at radius 3 is 1.55 bits per heavy atom. The summed E-state index contributed by atoms with van der Waals surface area (Å²) in [5, 5.41) is 14.2. The molecule has 2 atom stereocenters. The van der Waals surface area contributed by atoms with Crippen molar-refractivity contribution in [3.05, 3.63) is 71.8 Å². The number of thioether (sulfide) groups is 2. The van der Waals surface area contributed by atoms with Crippen LogP contribution >= 0.6 is 34.9 Å². The lowest BCUT2D eigenvalue weighted by atomic mass is 10.1. The van der Waals surface area contributed by atoms with Gasteiger partial charge in [0.25, 0.3) is 0 Å². The fourth-order valence-corrected chi connectivity index (χ4v) is 5.43. The maximum Gasteiger partial charge on any atom is 0.230 e. The minimum absolute atomic E-state index is 0.0494. The first kappa shape index (κ1) is 23.3. The summed E-state index contributed by atoms with van der Waals surface area (Å²) < 4.78 is 1.42. The average Bonchev–Trinajstić information content (AvgIpc) is 3.25. The van der Waals surface area contributed by atoms with Crippen LogP contribution in [0, 0.1) is 0 Å². The Bertz CT molecular complexity index is 905. The van der Waals surface area contributed by atoms with E-state index in [1.165, 1.54) is 34.9 Å². The van der Waals surface area contributed by atoms with Gasteiger partial charge in [-0.15, -0.1) is 10.2 Å². The number of carbonyl (C=O) groups is 2. The van der Waals surface area contributed by atoms with Crippen LogP contribution in [0.25, 0.3) is 0 Å². The number of carbonyl (C=O) groups excluding carboxylic acids is 2. The van der Waals surface area contributed by atoms with E-state index >= 15 is 0 Å². The summed E-state index contributed by atoms with van der Waals surface area (Å²) in [6.07, 6.45) is 0. The van der Waals surface area contributed by atoms with Gasteiger partial charge in [-0.1, -0.05) is 95.5 Å². The molecule has 0 aliphatic carbocycles. The number of aromatic nitrogens is 2. The lowest BCUT2D eigenvalue weighted by Gasteiger charge is -2.13. The minimum Gasteiger partial charge on any atom is -0.349 e. The van der Waals surface area contributed by atoms with Crippen LogP contribution in [0.15, 0.2) is 69.3 Å². The van der Waals surface area contributed by atoms with Crippen molar-refractivity contribution in [2.24, 2.45) is 0 Å². The van der Waals surface area contributed by atoms with Crippen LogP contribution in [0.5, 0.6) is 0 Å². The van der Waals surface area contributed by atoms with Crippen LogP contribution in [-0.4, -0.2) is 33.5 Å². The molecule has 3 rings (SSSR count). The van der Waals surface area contributed by atoms with E-state index in [4.69, 9.17) is 0 Å². The Kier molecular flexibility index (Phi) is 8.93. The largest absolute Gasteiger partial charge is 0.349 e. The third-order valence-electron chi connectivity index (χ3n) is 4.40. The first-order valence-electron chi connectivity index (χ1n) is 9.79. The summed E-state index contributed by atoms with van der Waals surface area (Å²) >= 11 is 4.09. The van der Waals surface area contributed by atoms with Crippen molar-refractivity contribution in [3.8, 4) is 0 Å². The third-order valence-corrected chi connectivity index (χ3v) is 7.59. The van der Waals surface area contributed by atoms with Gasteiger partial charge in [-0.05, 0) is 25.0 Å². The number of hydrogen-bond donors (Lipinski definition) is 2. The van der Waals surface area contributed by atoms with E-state index in [1.807, 2.05) is 74.5 Å². The molecule has 0 aliphatic heterocycles. The van der Waals surface area contributed by atoms with Crippen molar-refractivity contribution in [3.63, 3.8) is 0 Å². The summed E-state index contributed by atoms with van der Waals surface area (Å²) in [4.78, 5) is 24.4. The van der Waals surface area contributed by atoms with Crippen LogP contribution in [-0.2, 0) is 9.59 Å². The molecule has 31 heavy (non-hydrogen) atoms. The van der Waals surface area contributed by atoms with E-state index in [2.05, 4.69) is 20.8 Å². The van der Waals surface area contributed by atoms with E-state index in [0.717, 1.165) is 11.1 Å². The van der Waals surface area contributed by atoms with Crippen LogP contribution in [0.4, 0.5) is 0 Å². The van der Waals surface area contributed by atoms with Crippen LogP contribution in [0.3, 0.4) is 0 Å². The molecule has 2 amide bonds. The zero-order valence-electron chi connectivity index (χ0n) is 17.3. The first-order chi connectivity index (χ1) is 15.0. The number of benzene rings is 2. The molecule has 0 saturated carbocycles. The van der Waals surface area contributed by atoms with Crippen molar-refractivity contribution in [1.82, 2.24) is 20.8 Å². The molecule has 0 spiro atoms. The van der Waals surface area contributed by atoms with Crippen LogP contribution < -0.4 is 10.6 Å². The molecule has 2 N–H and O–H groups in total. The first-order valence-corrected chi connectivity index (χ1v) is 12.6. The van der Waals surface area contributed by atoms with Gasteiger partial charge in [0.05, 0.1) is 23.6 Å². The van der Waals surface area contributed by atoms with Crippen molar-refractivity contribution in [2.75, 3.05) is 11.5 Å². The molecule has 2 unspecified atom stereocenters. The molecule has 6 nitrogen and oxygen atoms in total. The third kappa shape index (κ3) is 7.68. The standard InChI is InChI=1S/C22H24N4O2S3/c1-15(17-9-5-3-6-10-17)23-19(27)13-29-21-25-26-22(31-21)30-14-20(28)24-16(2)18-11-7-4-8-12-18/h3-12,15-16H,13-14H2,1-2H3,(H,23,27)(H,24,28). The van der Waals surface area contributed by atoms with Gasteiger partial charge >= 0.3 is 0 Å². The van der Waals surface area contributed by atoms with Crippen molar-refractivity contribution < 1.29 is 9.59 Å². The maximum absolute atomic E-state index is 12.2. The second kappa shape index (κ2) is 11.9. The van der Waals surface area contributed by atoms with E-state index in [1.54, 1.807) is 0 Å². The Morgan fingerprint density at radius 2 is 1.16 bits per heavy atom. The van der Waals surface area contributed by atoms with E-state index in [-0.39, 0.29) is 35.4 Å². The van der Waals surface area contributed by atoms with E-state index < -0.39 is 0 Å². The quantitative estimate of drug-likeness (QED) is 0.424. The zero-order chi connectivity index (χ0) is 22.1.